The molecule has 24 heavy (non-hydrogen) atoms. The van der Waals surface area contributed by atoms with Crippen LogP contribution < -0.4 is 4.74 Å². The number of isocyanates is 1. The van der Waals surface area contributed by atoms with Gasteiger partial charge in [0.1, 0.15) is 5.75 Å². The summed E-state index contributed by atoms with van der Waals surface area (Å²) in [6.07, 6.45) is 7.22. The summed E-state index contributed by atoms with van der Waals surface area (Å²) < 4.78 is 10.8. The Morgan fingerprint density at radius 3 is 2.58 bits per heavy atom. The van der Waals surface area contributed by atoms with E-state index >= 15 is 0 Å². The molecule has 0 atom stereocenters. The second-order valence-corrected chi connectivity index (χ2v) is 5.60. The van der Waals surface area contributed by atoms with Crippen molar-refractivity contribution in [1.82, 2.24) is 0 Å². The van der Waals surface area contributed by atoms with Crippen molar-refractivity contribution in [3.05, 3.63) is 29.8 Å². The van der Waals surface area contributed by atoms with E-state index in [1.54, 1.807) is 0 Å². The molecule has 1 aromatic carbocycles. The number of carbonyl (C=O) groups excluding carboxylic acids is 2. The molecule has 0 saturated carbocycles. The van der Waals surface area contributed by atoms with Gasteiger partial charge < -0.3 is 9.47 Å². The van der Waals surface area contributed by atoms with Crippen LogP contribution in [0.15, 0.2) is 29.3 Å². The Morgan fingerprint density at radius 2 is 1.88 bits per heavy atom. The van der Waals surface area contributed by atoms with Gasteiger partial charge in [0.2, 0.25) is 6.08 Å². The van der Waals surface area contributed by atoms with Crippen LogP contribution in [0.5, 0.6) is 5.75 Å². The van der Waals surface area contributed by atoms with E-state index in [0.717, 1.165) is 50.0 Å². The third-order valence-electron chi connectivity index (χ3n) is 3.56. The van der Waals surface area contributed by atoms with Gasteiger partial charge in [0.05, 0.1) is 19.8 Å². The van der Waals surface area contributed by atoms with Crippen LogP contribution in [0.1, 0.15) is 51.0 Å². The molecule has 0 spiro atoms. The fourth-order valence-corrected chi connectivity index (χ4v) is 2.12. The summed E-state index contributed by atoms with van der Waals surface area (Å²) in [5, 5.41) is 0. The smallest absolute Gasteiger partial charge is 0.305 e. The summed E-state index contributed by atoms with van der Waals surface area (Å²) in [6.45, 7) is 3.76. The van der Waals surface area contributed by atoms with Gasteiger partial charge in [-0.1, -0.05) is 31.9 Å². The van der Waals surface area contributed by atoms with Crippen molar-refractivity contribution >= 4 is 12.0 Å². The maximum absolute atomic E-state index is 11.6. The minimum absolute atomic E-state index is 0.173. The second-order valence-electron chi connectivity index (χ2n) is 5.60. The molecule has 0 saturated heterocycles. The third kappa shape index (κ3) is 9.80. The molecule has 0 aliphatic rings. The molecule has 0 amide bonds. The Kier molecular flexibility index (Phi) is 11.1. The first-order valence-electron chi connectivity index (χ1n) is 8.67. The molecular formula is C19H27NO4. The standard InChI is InChI=1S/C19H27NO4/c1-2-3-14-23-18-10-8-17(9-11-18)12-15-24-19(22)7-5-4-6-13-20-16-21/h8-11H,2-7,12-15H2,1H3. The van der Waals surface area contributed by atoms with Gasteiger partial charge in [0.15, 0.2) is 0 Å². The third-order valence-corrected chi connectivity index (χ3v) is 3.56. The Morgan fingerprint density at radius 1 is 1.08 bits per heavy atom. The molecular weight excluding hydrogens is 306 g/mol. The van der Waals surface area contributed by atoms with Gasteiger partial charge >= 0.3 is 5.97 Å². The lowest BCUT2D eigenvalue weighted by atomic mass is 10.1. The van der Waals surface area contributed by atoms with Crippen LogP contribution in [-0.4, -0.2) is 31.8 Å². The van der Waals surface area contributed by atoms with Crippen molar-refractivity contribution < 1.29 is 19.1 Å². The van der Waals surface area contributed by atoms with E-state index in [2.05, 4.69) is 11.9 Å². The fourth-order valence-electron chi connectivity index (χ4n) is 2.12. The number of carbonyl (C=O) groups is 1. The normalized spacial score (nSPS) is 10.0. The molecule has 0 aliphatic heterocycles. The van der Waals surface area contributed by atoms with Gasteiger partial charge in [-0.25, -0.2) is 9.79 Å². The summed E-state index contributed by atoms with van der Waals surface area (Å²) in [5.41, 5.74) is 1.12. The van der Waals surface area contributed by atoms with E-state index in [-0.39, 0.29) is 5.97 Å². The molecule has 132 valence electrons. The molecule has 5 heteroatoms. The second kappa shape index (κ2) is 13.3. The zero-order valence-corrected chi connectivity index (χ0v) is 14.5. The van der Waals surface area contributed by atoms with Crippen LogP contribution in [0.25, 0.3) is 0 Å². The molecule has 0 aliphatic carbocycles. The van der Waals surface area contributed by atoms with Crippen LogP contribution in [-0.2, 0) is 20.7 Å². The zero-order valence-electron chi connectivity index (χ0n) is 14.5. The van der Waals surface area contributed by atoms with E-state index in [1.165, 1.54) is 6.08 Å². The van der Waals surface area contributed by atoms with Crippen molar-refractivity contribution in [3.8, 4) is 5.75 Å². The number of esters is 1. The molecule has 0 N–H and O–H groups in total. The van der Waals surface area contributed by atoms with E-state index in [4.69, 9.17) is 9.47 Å². The highest BCUT2D eigenvalue weighted by Gasteiger charge is 2.03. The molecule has 0 radical (unpaired) electrons. The molecule has 5 nitrogen and oxygen atoms in total. The summed E-state index contributed by atoms with van der Waals surface area (Å²) in [4.78, 5) is 24.9. The molecule has 0 bridgehead atoms. The number of hydrogen-bond donors (Lipinski definition) is 0. The van der Waals surface area contributed by atoms with Crippen LogP contribution in [0.4, 0.5) is 0 Å². The topological polar surface area (TPSA) is 65.0 Å². The quantitative estimate of drug-likeness (QED) is 0.238. The average molecular weight is 333 g/mol. The SMILES string of the molecule is CCCCOc1ccc(CCOC(=O)CCCCCN=C=O)cc1. The lowest BCUT2D eigenvalue weighted by molar-refractivity contribution is -0.143. The first kappa shape index (κ1) is 19.9. The number of nitrogens with zero attached hydrogens (tertiary/aromatic N) is 1. The first-order valence-corrected chi connectivity index (χ1v) is 8.67. The lowest BCUT2D eigenvalue weighted by Gasteiger charge is -2.07. The predicted molar refractivity (Wildman–Crippen MR) is 93.0 cm³/mol. The number of ether oxygens (including phenoxy) is 2. The van der Waals surface area contributed by atoms with E-state index in [1.807, 2.05) is 24.3 Å². The lowest BCUT2D eigenvalue weighted by Crippen LogP contribution is -2.07. The van der Waals surface area contributed by atoms with Gasteiger partial charge in [0, 0.05) is 12.8 Å². The molecule has 0 heterocycles. The monoisotopic (exact) mass is 333 g/mol. The Labute approximate surface area is 144 Å². The largest absolute Gasteiger partial charge is 0.494 e. The summed E-state index contributed by atoms with van der Waals surface area (Å²) in [5.74, 6) is 0.705. The van der Waals surface area contributed by atoms with Crippen LogP contribution in [0.2, 0.25) is 0 Å². The van der Waals surface area contributed by atoms with E-state index in [0.29, 0.717) is 26.0 Å². The first-order chi connectivity index (χ1) is 11.8. The maximum atomic E-state index is 11.6. The maximum Gasteiger partial charge on any atom is 0.305 e. The molecule has 0 fully saturated rings. The van der Waals surface area contributed by atoms with E-state index in [9.17, 15) is 9.59 Å². The summed E-state index contributed by atoms with van der Waals surface area (Å²) >= 11 is 0. The number of hydrogen-bond acceptors (Lipinski definition) is 5. The molecule has 1 rings (SSSR count). The van der Waals surface area contributed by atoms with Gasteiger partial charge in [-0.3, -0.25) is 4.79 Å². The van der Waals surface area contributed by atoms with Gasteiger partial charge in [-0.15, -0.1) is 0 Å². The van der Waals surface area contributed by atoms with E-state index < -0.39 is 0 Å². The number of benzene rings is 1. The molecule has 0 unspecified atom stereocenters. The van der Waals surface area contributed by atoms with Crippen LogP contribution in [0.3, 0.4) is 0 Å². The van der Waals surface area contributed by atoms with Crippen molar-refractivity contribution in [2.45, 2.75) is 51.9 Å². The zero-order chi connectivity index (χ0) is 17.5. The van der Waals surface area contributed by atoms with Crippen molar-refractivity contribution in [2.75, 3.05) is 19.8 Å². The Balaban J connectivity index is 2.11. The molecule has 1 aromatic rings. The van der Waals surface area contributed by atoms with Crippen LogP contribution >= 0.6 is 0 Å². The number of unbranched alkanes of at least 4 members (excludes halogenated alkanes) is 3. The molecule has 0 aromatic heterocycles. The predicted octanol–water partition coefficient (Wildman–Crippen LogP) is 3.85. The highest BCUT2D eigenvalue weighted by molar-refractivity contribution is 5.69. The number of aliphatic imine (C=N–C) groups is 1. The van der Waals surface area contributed by atoms with Crippen molar-refractivity contribution in [3.63, 3.8) is 0 Å². The van der Waals surface area contributed by atoms with Gasteiger partial charge in [0.25, 0.3) is 0 Å². The minimum atomic E-state index is -0.173. The summed E-state index contributed by atoms with van der Waals surface area (Å²) in [7, 11) is 0. The minimum Gasteiger partial charge on any atom is -0.494 e. The van der Waals surface area contributed by atoms with Gasteiger partial charge in [-0.05, 0) is 37.0 Å². The summed E-state index contributed by atoms with van der Waals surface area (Å²) in [6, 6.07) is 7.91. The fraction of sp³-hybridized carbons (Fsp3) is 0.579. The highest BCUT2D eigenvalue weighted by Crippen LogP contribution is 2.13. The highest BCUT2D eigenvalue weighted by atomic mass is 16.5. The van der Waals surface area contributed by atoms with Gasteiger partial charge in [-0.2, -0.15) is 0 Å². The van der Waals surface area contributed by atoms with Crippen molar-refractivity contribution in [2.24, 2.45) is 4.99 Å². The average Bonchev–Trinajstić information content (AvgIpc) is 2.59. The van der Waals surface area contributed by atoms with Crippen molar-refractivity contribution in [1.29, 1.82) is 0 Å². The number of rotatable bonds is 13. The Bertz CT molecular complexity index is 507. The van der Waals surface area contributed by atoms with Crippen LogP contribution in [0, 0.1) is 0 Å². The Hall–Kier alpha value is -2.13.